The molecule has 17 heavy (non-hydrogen) atoms. The minimum Gasteiger partial charge on any atom is -0.323 e. The van der Waals surface area contributed by atoms with Crippen LogP contribution in [0.25, 0.3) is 0 Å². The first kappa shape index (κ1) is 10.2. The standard InChI is InChI=1S/C12H8N2O2S/c15-11(8-4-2-6-17-8)9-10-7(14-12(9)16)3-1-5-13-10/h1-6,9H,(H,14,16). The lowest BCUT2D eigenvalue weighted by Gasteiger charge is -2.04. The van der Waals surface area contributed by atoms with Crippen molar-refractivity contribution >= 4 is 28.7 Å². The molecule has 84 valence electrons. The summed E-state index contributed by atoms with van der Waals surface area (Å²) in [5.41, 5.74) is 1.16. The first-order valence-electron chi connectivity index (χ1n) is 5.11. The summed E-state index contributed by atoms with van der Waals surface area (Å²) in [6.07, 6.45) is 1.59. The molecule has 1 aliphatic heterocycles. The van der Waals surface area contributed by atoms with Crippen LogP contribution >= 0.6 is 11.3 Å². The Labute approximate surface area is 101 Å². The third kappa shape index (κ3) is 1.55. The summed E-state index contributed by atoms with van der Waals surface area (Å²) < 4.78 is 0. The van der Waals surface area contributed by atoms with Crippen molar-refractivity contribution in [2.45, 2.75) is 5.92 Å². The van der Waals surface area contributed by atoms with Gasteiger partial charge in [-0.25, -0.2) is 0 Å². The molecule has 0 fully saturated rings. The highest BCUT2D eigenvalue weighted by molar-refractivity contribution is 7.12. The lowest BCUT2D eigenvalue weighted by molar-refractivity contribution is -0.116. The molecule has 0 saturated carbocycles. The number of nitrogens with zero attached hydrogens (tertiary/aromatic N) is 1. The summed E-state index contributed by atoms with van der Waals surface area (Å²) in [5.74, 6) is -1.28. The van der Waals surface area contributed by atoms with E-state index in [1.54, 1.807) is 30.5 Å². The van der Waals surface area contributed by atoms with Crippen LogP contribution in [0.5, 0.6) is 0 Å². The topological polar surface area (TPSA) is 59.1 Å². The second-order valence-corrected chi connectivity index (χ2v) is 4.65. The van der Waals surface area contributed by atoms with Crippen LogP contribution in [-0.4, -0.2) is 16.7 Å². The molecule has 5 heteroatoms. The summed E-state index contributed by atoms with van der Waals surface area (Å²) in [5, 5.41) is 4.49. The van der Waals surface area contributed by atoms with Crippen LogP contribution in [0, 0.1) is 0 Å². The maximum atomic E-state index is 12.2. The molecule has 0 radical (unpaired) electrons. The third-order valence-electron chi connectivity index (χ3n) is 2.66. The molecule has 4 nitrogen and oxygen atoms in total. The van der Waals surface area contributed by atoms with Gasteiger partial charge in [0.2, 0.25) is 5.91 Å². The number of pyridine rings is 1. The van der Waals surface area contributed by atoms with E-state index in [-0.39, 0.29) is 11.7 Å². The van der Waals surface area contributed by atoms with E-state index >= 15 is 0 Å². The van der Waals surface area contributed by atoms with Crippen LogP contribution in [0.4, 0.5) is 5.69 Å². The Hall–Kier alpha value is -2.01. The van der Waals surface area contributed by atoms with Gasteiger partial charge in [-0.3, -0.25) is 14.6 Å². The molecule has 1 N–H and O–H groups in total. The van der Waals surface area contributed by atoms with Crippen molar-refractivity contribution in [2.24, 2.45) is 0 Å². The summed E-state index contributed by atoms with van der Waals surface area (Å²) in [6, 6.07) is 7.00. The lowest BCUT2D eigenvalue weighted by atomic mass is 10.00. The molecule has 3 rings (SSSR count). The van der Waals surface area contributed by atoms with E-state index < -0.39 is 5.92 Å². The van der Waals surface area contributed by atoms with Gasteiger partial charge in [-0.15, -0.1) is 11.3 Å². The average molecular weight is 244 g/mol. The molecule has 0 aliphatic carbocycles. The fraction of sp³-hybridized carbons (Fsp3) is 0.0833. The van der Waals surface area contributed by atoms with Crippen molar-refractivity contribution in [1.82, 2.24) is 4.98 Å². The smallest absolute Gasteiger partial charge is 0.241 e. The van der Waals surface area contributed by atoms with Crippen molar-refractivity contribution in [2.75, 3.05) is 5.32 Å². The predicted octanol–water partition coefficient (Wildman–Crippen LogP) is 2.06. The summed E-state index contributed by atoms with van der Waals surface area (Å²) >= 11 is 1.34. The molecular formula is C12H8N2O2S. The molecule has 1 unspecified atom stereocenters. The summed E-state index contributed by atoms with van der Waals surface area (Å²) in [6.45, 7) is 0. The molecule has 1 amide bonds. The fourth-order valence-electron chi connectivity index (χ4n) is 1.89. The van der Waals surface area contributed by atoms with E-state index in [4.69, 9.17) is 0 Å². The zero-order valence-electron chi connectivity index (χ0n) is 8.71. The van der Waals surface area contributed by atoms with Crippen LogP contribution in [-0.2, 0) is 4.79 Å². The second-order valence-electron chi connectivity index (χ2n) is 3.70. The number of carbonyl (C=O) groups excluding carboxylic acids is 2. The molecule has 1 aliphatic rings. The number of rotatable bonds is 2. The number of Topliss-reactive ketones (excluding diaryl/α,β-unsaturated/α-hetero) is 1. The Balaban J connectivity index is 2.04. The van der Waals surface area contributed by atoms with Crippen molar-refractivity contribution in [3.8, 4) is 0 Å². The van der Waals surface area contributed by atoms with E-state index in [1.165, 1.54) is 11.3 Å². The molecule has 0 spiro atoms. The van der Waals surface area contributed by atoms with E-state index in [1.807, 2.05) is 5.38 Å². The third-order valence-corrected chi connectivity index (χ3v) is 3.54. The van der Waals surface area contributed by atoms with Crippen LogP contribution in [0.3, 0.4) is 0 Å². The van der Waals surface area contributed by atoms with Crippen molar-refractivity contribution in [1.29, 1.82) is 0 Å². The fourth-order valence-corrected chi connectivity index (χ4v) is 2.58. The molecule has 0 aromatic carbocycles. The normalized spacial score (nSPS) is 17.6. The van der Waals surface area contributed by atoms with Gasteiger partial charge in [0.1, 0.15) is 5.92 Å². The number of aromatic nitrogens is 1. The number of hydrogen-bond acceptors (Lipinski definition) is 4. The number of ketones is 1. The number of carbonyl (C=O) groups is 2. The van der Waals surface area contributed by atoms with Crippen molar-refractivity contribution in [3.63, 3.8) is 0 Å². The molecule has 0 bridgehead atoms. The summed E-state index contributed by atoms with van der Waals surface area (Å²) in [7, 11) is 0. The Morgan fingerprint density at radius 2 is 2.24 bits per heavy atom. The largest absolute Gasteiger partial charge is 0.323 e. The van der Waals surface area contributed by atoms with E-state index in [0.29, 0.717) is 16.3 Å². The highest BCUT2D eigenvalue weighted by Crippen LogP contribution is 2.33. The monoisotopic (exact) mass is 244 g/mol. The van der Waals surface area contributed by atoms with E-state index in [0.717, 1.165) is 0 Å². The number of anilines is 1. The Morgan fingerprint density at radius 3 is 3.00 bits per heavy atom. The van der Waals surface area contributed by atoms with Crippen LogP contribution in [0.2, 0.25) is 0 Å². The zero-order chi connectivity index (χ0) is 11.8. The minimum absolute atomic E-state index is 0.185. The highest BCUT2D eigenvalue weighted by atomic mass is 32.1. The Morgan fingerprint density at radius 1 is 1.35 bits per heavy atom. The van der Waals surface area contributed by atoms with Gasteiger partial charge < -0.3 is 5.32 Å². The minimum atomic E-state index is -0.801. The van der Waals surface area contributed by atoms with Gasteiger partial charge in [0.25, 0.3) is 0 Å². The quantitative estimate of drug-likeness (QED) is 0.649. The van der Waals surface area contributed by atoms with Gasteiger partial charge in [-0.2, -0.15) is 0 Å². The molecule has 3 heterocycles. The molecule has 0 saturated heterocycles. The first-order valence-corrected chi connectivity index (χ1v) is 5.99. The van der Waals surface area contributed by atoms with Gasteiger partial charge in [0.15, 0.2) is 5.78 Å². The zero-order valence-corrected chi connectivity index (χ0v) is 9.53. The van der Waals surface area contributed by atoms with E-state index in [9.17, 15) is 9.59 Å². The molecular weight excluding hydrogens is 236 g/mol. The van der Waals surface area contributed by atoms with Crippen molar-refractivity contribution in [3.05, 3.63) is 46.4 Å². The maximum absolute atomic E-state index is 12.2. The Bertz CT molecular complexity index is 592. The van der Waals surface area contributed by atoms with Gasteiger partial charge in [-0.05, 0) is 23.6 Å². The van der Waals surface area contributed by atoms with Gasteiger partial charge in [0, 0.05) is 6.20 Å². The first-order chi connectivity index (χ1) is 8.27. The van der Waals surface area contributed by atoms with Crippen molar-refractivity contribution < 1.29 is 9.59 Å². The molecule has 2 aromatic rings. The number of fused-ring (bicyclic) bond motifs is 1. The Kier molecular flexibility index (Phi) is 2.26. The maximum Gasteiger partial charge on any atom is 0.241 e. The van der Waals surface area contributed by atoms with Gasteiger partial charge in [0.05, 0.1) is 16.3 Å². The lowest BCUT2D eigenvalue weighted by Crippen LogP contribution is -2.20. The number of nitrogens with one attached hydrogen (secondary N) is 1. The van der Waals surface area contributed by atoms with E-state index in [2.05, 4.69) is 10.3 Å². The van der Waals surface area contributed by atoms with Gasteiger partial charge in [-0.1, -0.05) is 6.07 Å². The van der Waals surface area contributed by atoms with Crippen LogP contribution < -0.4 is 5.32 Å². The summed E-state index contributed by atoms with van der Waals surface area (Å²) in [4.78, 5) is 28.7. The van der Waals surface area contributed by atoms with Gasteiger partial charge >= 0.3 is 0 Å². The SMILES string of the molecule is O=C1Nc2cccnc2C1C(=O)c1cccs1. The average Bonchev–Trinajstić information content (AvgIpc) is 2.94. The second kappa shape index (κ2) is 3.78. The number of thiophene rings is 1. The number of hydrogen-bond donors (Lipinski definition) is 1. The number of amides is 1. The van der Waals surface area contributed by atoms with Crippen LogP contribution in [0.1, 0.15) is 21.3 Å². The molecule has 2 aromatic heterocycles. The molecule has 1 atom stereocenters. The van der Waals surface area contributed by atoms with Crippen LogP contribution in [0.15, 0.2) is 35.8 Å². The predicted molar refractivity (Wildman–Crippen MR) is 64.3 cm³/mol. The highest BCUT2D eigenvalue weighted by Gasteiger charge is 2.38.